The Morgan fingerprint density at radius 3 is 2.42 bits per heavy atom. The Kier molecular flexibility index (Phi) is 5.26. The largest absolute Gasteiger partial charge is 0.354 e. The van der Waals surface area contributed by atoms with Crippen LogP contribution in [0.5, 0.6) is 0 Å². The molecule has 1 fully saturated rings. The van der Waals surface area contributed by atoms with Crippen LogP contribution in [0.4, 0.5) is 4.79 Å². The SMILES string of the molecule is CCc1c(C)nn(CCNC(=O)C[C@H]2C(=O)N(C)C(=O)N2C)c1C. The zero-order chi connectivity index (χ0) is 18.0. The van der Waals surface area contributed by atoms with E-state index < -0.39 is 6.04 Å². The first-order valence-corrected chi connectivity index (χ1v) is 8.11. The molecule has 0 bridgehead atoms. The topological polar surface area (TPSA) is 87.5 Å². The first-order valence-electron chi connectivity index (χ1n) is 8.11. The molecule has 1 aromatic rings. The number of amides is 4. The van der Waals surface area contributed by atoms with Crippen LogP contribution in [0.25, 0.3) is 0 Å². The van der Waals surface area contributed by atoms with Gasteiger partial charge in [-0.05, 0) is 25.8 Å². The Bertz CT molecular complexity index is 667. The number of hydrogen-bond acceptors (Lipinski definition) is 4. The number of aryl methyl sites for hydroxylation is 1. The number of carbonyl (C=O) groups excluding carboxylic acids is 3. The molecular weight excluding hydrogens is 310 g/mol. The Labute approximate surface area is 141 Å². The van der Waals surface area contributed by atoms with Gasteiger partial charge in [0.1, 0.15) is 6.04 Å². The van der Waals surface area contributed by atoms with E-state index in [1.807, 2.05) is 18.5 Å². The van der Waals surface area contributed by atoms with Crippen molar-refractivity contribution in [1.29, 1.82) is 0 Å². The van der Waals surface area contributed by atoms with Crippen molar-refractivity contribution in [2.24, 2.45) is 0 Å². The van der Waals surface area contributed by atoms with E-state index >= 15 is 0 Å². The normalized spacial score (nSPS) is 17.8. The van der Waals surface area contributed by atoms with E-state index in [1.165, 1.54) is 24.6 Å². The van der Waals surface area contributed by atoms with Gasteiger partial charge in [-0.1, -0.05) is 6.92 Å². The van der Waals surface area contributed by atoms with Gasteiger partial charge in [0.25, 0.3) is 5.91 Å². The quantitative estimate of drug-likeness (QED) is 0.765. The van der Waals surface area contributed by atoms with Crippen molar-refractivity contribution in [3.63, 3.8) is 0 Å². The molecule has 1 N–H and O–H groups in total. The van der Waals surface area contributed by atoms with E-state index in [2.05, 4.69) is 17.3 Å². The highest BCUT2D eigenvalue weighted by molar-refractivity contribution is 6.05. The lowest BCUT2D eigenvalue weighted by molar-refractivity contribution is -0.131. The van der Waals surface area contributed by atoms with Gasteiger partial charge < -0.3 is 10.2 Å². The highest BCUT2D eigenvalue weighted by Gasteiger charge is 2.41. The second kappa shape index (κ2) is 7.02. The molecule has 1 aromatic heterocycles. The zero-order valence-electron chi connectivity index (χ0n) is 14.9. The van der Waals surface area contributed by atoms with Gasteiger partial charge in [-0.15, -0.1) is 0 Å². The summed E-state index contributed by atoms with van der Waals surface area (Å²) < 4.78 is 1.89. The molecule has 1 aliphatic heterocycles. The first kappa shape index (κ1) is 18.0. The molecule has 0 radical (unpaired) electrons. The molecule has 1 aliphatic rings. The smallest absolute Gasteiger partial charge is 0.326 e. The van der Waals surface area contributed by atoms with E-state index in [0.29, 0.717) is 13.1 Å². The lowest BCUT2D eigenvalue weighted by Crippen LogP contribution is -2.38. The van der Waals surface area contributed by atoms with Gasteiger partial charge >= 0.3 is 6.03 Å². The van der Waals surface area contributed by atoms with Crippen LogP contribution in [0.15, 0.2) is 0 Å². The Hall–Kier alpha value is -2.38. The van der Waals surface area contributed by atoms with Crippen LogP contribution in [-0.2, 0) is 22.6 Å². The third-order valence-corrected chi connectivity index (χ3v) is 4.58. The monoisotopic (exact) mass is 335 g/mol. The molecule has 2 heterocycles. The lowest BCUT2D eigenvalue weighted by Gasteiger charge is -2.15. The third-order valence-electron chi connectivity index (χ3n) is 4.58. The van der Waals surface area contributed by atoms with Gasteiger partial charge in [0.05, 0.1) is 18.7 Å². The minimum absolute atomic E-state index is 0.0251. The number of nitrogens with zero attached hydrogens (tertiary/aromatic N) is 4. The van der Waals surface area contributed by atoms with Crippen molar-refractivity contribution in [2.75, 3.05) is 20.6 Å². The van der Waals surface area contributed by atoms with Crippen LogP contribution >= 0.6 is 0 Å². The van der Waals surface area contributed by atoms with Crippen molar-refractivity contribution >= 4 is 17.8 Å². The Morgan fingerprint density at radius 1 is 1.25 bits per heavy atom. The minimum atomic E-state index is -0.720. The van der Waals surface area contributed by atoms with E-state index in [-0.39, 0.29) is 24.3 Å². The van der Waals surface area contributed by atoms with Crippen LogP contribution in [0.1, 0.15) is 30.3 Å². The molecule has 1 saturated heterocycles. The second-order valence-electron chi connectivity index (χ2n) is 6.09. The number of urea groups is 1. The minimum Gasteiger partial charge on any atom is -0.354 e. The summed E-state index contributed by atoms with van der Waals surface area (Å²) in [5.74, 6) is -0.593. The van der Waals surface area contributed by atoms with Gasteiger partial charge in [-0.3, -0.25) is 19.2 Å². The summed E-state index contributed by atoms with van der Waals surface area (Å²) in [5.41, 5.74) is 3.37. The molecule has 0 aliphatic carbocycles. The van der Waals surface area contributed by atoms with Gasteiger partial charge in [-0.25, -0.2) is 4.79 Å². The van der Waals surface area contributed by atoms with Crippen molar-refractivity contribution < 1.29 is 14.4 Å². The molecule has 0 aromatic carbocycles. The van der Waals surface area contributed by atoms with Gasteiger partial charge in [0.2, 0.25) is 5.91 Å². The van der Waals surface area contributed by atoms with Crippen LogP contribution in [0.3, 0.4) is 0 Å². The van der Waals surface area contributed by atoms with E-state index in [9.17, 15) is 14.4 Å². The number of aromatic nitrogens is 2. The van der Waals surface area contributed by atoms with Crippen LogP contribution in [0, 0.1) is 13.8 Å². The molecule has 132 valence electrons. The van der Waals surface area contributed by atoms with Crippen molar-refractivity contribution in [1.82, 2.24) is 24.9 Å². The molecule has 4 amide bonds. The standard InChI is InChI=1S/C16H25N5O3/c1-6-12-10(2)18-21(11(12)3)8-7-17-14(22)9-13-15(23)20(5)16(24)19(13)4/h13H,6-9H2,1-5H3,(H,17,22)/t13-/m0/s1. The van der Waals surface area contributed by atoms with Gasteiger partial charge in [-0.2, -0.15) is 5.10 Å². The molecule has 8 nitrogen and oxygen atoms in total. The third kappa shape index (κ3) is 3.27. The predicted octanol–water partition coefficient (Wildman–Crippen LogP) is 0.461. The van der Waals surface area contributed by atoms with Crippen LogP contribution < -0.4 is 5.32 Å². The van der Waals surface area contributed by atoms with Gasteiger partial charge in [0.15, 0.2) is 0 Å². The van der Waals surface area contributed by atoms with Crippen LogP contribution in [0.2, 0.25) is 0 Å². The fourth-order valence-corrected chi connectivity index (χ4v) is 3.09. The summed E-state index contributed by atoms with van der Waals surface area (Å²) in [6.45, 7) is 7.10. The summed E-state index contributed by atoms with van der Waals surface area (Å²) in [5, 5.41) is 7.27. The van der Waals surface area contributed by atoms with Gasteiger partial charge in [0, 0.05) is 26.3 Å². The van der Waals surface area contributed by atoms with Crippen molar-refractivity contribution in [3.8, 4) is 0 Å². The molecule has 24 heavy (non-hydrogen) atoms. The summed E-state index contributed by atoms with van der Waals surface area (Å²) in [7, 11) is 2.96. The molecule has 8 heteroatoms. The average Bonchev–Trinajstić information content (AvgIpc) is 2.91. The molecule has 2 rings (SSSR count). The number of imide groups is 1. The first-order chi connectivity index (χ1) is 11.3. The number of carbonyl (C=O) groups is 3. The molecule has 0 spiro atoms. The van der Waals surface area contributed by atoms with Crippen molar-refractivity contribution in [2.45, 2.75) is 46.2 Å². The fraction of sp³-hybridized carbons (Fsp3) is 0.625. The Balaban J connectivity index is 1.86. The average molecular weight is 335 g/mol. The highest BCUT2D eigenvalue weighted by atomic mass is 16.2. The molecule has 0 saturated carbocycles. The molecular formula is C16H25N5O3. The maximum atomic E-state index is 12.1. The number of nitrogens with one attached hydrogen (secondary N) is 1. The lowest BCUT2D eigenvalue weighted by atomic mass is 10.1. The second-order valence-corrected chi connectivity index (χ2v) is 6.09. The van der Waals surface area contributed by atoms with E-state index in [0.717, 1.165) is 22.7 Å². The summed E-state index contributed by atoms with van der Waals surface area (Å²) in [4.78, 5) is 38.0. The van der Waals surface area contributed by atoms with Crippen LogP contribution in [-0.4, -0.2) is 64.1 Å². The van der Waals surface area contributed by atoms with E-state index in [1.54, 1.807) is 0 Å². The molecule has 0 unspecified atom stereocenters. The summed E-state index contributed by atoms with van der Waals surface area (Å²) in [6, 6.07) is -1.10. The van der Waals surface area contributed by atoms with Crippen molar-refractivity contribution in [3.05, 3.63) is 17.0 Å². The predicted molar refractivity (Wildman–Crippen MR) is 88.4 cm³/mol. The maximum Gasteiger partial charge on any atom is 0.326 e. The number of hydrogen-bond donors (Lipinski definition) is 1. The zero-order valence-corrected chi connectivity index (χ0v) is 14.9. The maximum absolute atomic E-state index is 12.1. The molecule has 1 atom stereocenters. The van der Waals surface area contributed by atoms with E-state index in [4.69, 9.17) is 0 Å². The summed E-state index contributed by atoms with van der Waals surface area (Å²) in [6.07, 6.45) is 0.907. The fourth-order valence-electron chi connectivity index (χ4n) is 3.09. The Morgan fingerprint density at radius 2 is 1.92 bits per heavy atom. The number of rotatable bonds is 6. The number of likely N-dealkylation sites (N-methyl/N-ethyl adjacent to an activating group) is 2. The summed E-state index contributed by atoms with van der Waals surface area (Å²) >= 11 is 0. The highest BCUT2D eigenvalue weighted by Crippen LogP contribution is 2.16.